The molecule has 0 saturated heterocycles. The lowest BCUT2D eigenvalue weighted by Gasteiger charge is -2.25. The van der Waals surface area contributed by atoms with Crippen molar-refractivity contribution in [2.24, 2.45) is 0 Å². The third kappa shape index (κ3) is 7.21. The Balaban J connectivity index is 1.49. The highest BCUT2D eigenvalue weighted by Crippen LogP contribution is 2.35. The second-order valence-electron chi connectivity index (χ2n) is 9.63. The van der Waals surface area contributed by atoms with E-state index in [9.17, 15) is 27.2 Å². The third-order valence-corrected chi connectivity index (χ3v) is 6.48. The number of halogens is 4. The van der Waals surface area contributed by atoms with Crippen LogP contribution in [0.15, 0.2) is 85.1 Å². The fourth-order valence-electron chi connectivity index (χ4n) is 4.56. The van der Waals surface area contributed by atoms with E-state index in [-0.39, 0.29) is 53.8 Å². The van der Waals surface area contributed by atoms with Crippen LogP contribution in [-0.2, 0) is 17.5 Å². The molecule has 43 heavy (non-hydrogen) atoms. The first-order valence-corrected chi connectivity index (χ1v) is 13.0. The first-order valence-electron chi connectivity index (χ1n) is 13.0. The van der Waals surface area contributed by atoms with Gasteiger partial charge >= 0.3 is 12.1 Å². The van der Waals surface area contributed by atoms with Gasteiger partial charge in [0.1, 0.15) is 35.2 Å². The van der Waals surface area contributed by atoms with Gasteiger partial charge < -0.3 is 24.2 Å². The Morgan fingerprint density at radius 3 is 2.49 bits per heavy atom. The fourth-order valence-corrected chi connectivity index (χ4v) is 4.56. The van der Waals surface area contributed by atoms with Crippen LogP contribution in [0.2, 0.25) is 0 Å². The van der Waals surface area contributed by atoms with E-state index in [0.29, 0.717) is 5.56 Å². The molecular formula is C31H24F4N2O6. The van der Waals surface area contributed by atoms with Crippen LogP contribution in [0.5, 0.6) is 17.2 Å². The number of aromatic nitrogens is 1. The van der Waals surface area contributed by atoms with Gasteiger partial charge in [0.15, 0.2) is 12.7 Å². The van der Waals surface area contributed by atoms with E-state index >= 15 is 0 Å². The molecule has 1 N–H and O–H groups in total. The summed E-state index contributed by atoms with van der Waals surface area (Å²) in [6.45, 7) is -0.852. The molecule has 1 aromatic heterocycles. The number of amides is 1. The van der Waals surface area contributed by atoms with Gasteiger partial charge in [0.25, 0.3) is 5.91 Å². The molecule has 12 heteroatoms. The van der Waals surface area contributed by atoms with Gasteiger partial charge in [-0.3, -0.25) is 9.78 Å². The Labute approximate surface area is 243 Å². The lowest BCUT2D eigenvalue weighted by molar-refractivity contribution is -0.139. The molecule has 4 aromatic rings. The van der Waals surface area contributed by atoms with Crippen LogP contribution in [0.3, 0.4) is 0 Å². The Bertz CT molecular complexity index is 1630. The lowest BCUT2D eigenvalue weighted by atomic mass is 10.0. The van der Waals surface area contributed by atoms with Gasteiger partial charge in [-0.25, -0.2) is 9.18 Å². The molecule has 2 heterocycles. The van der Waals surface area contributed by atoms with Crippen LogP contribution in [0.25, 0.3) is 11.3 Å². The summed E-state index contributed by atoms with van der Waals surface area (Å²) in [4.78, 5) is 30.6. The monoisotopic (exact) mass is 596 g/mol. The molecule has 1 aliphatic rings. The predicted molar refractivity (Wildman–Crippen MR) is 145 cm³/mol. The number of alkyl halides is 3. The summed E-state index contributed by atoms with van der Waals surface area (Å²) in [5.74, 6) is -1.46. The number of benzene rings is 3. The zero-order chi connectivity index (χ0) is 30.6. The molecule has 5 rings (SSSR count). The maximum atomic E-state index is 14.0. The van der Waals surface area contributed by atoms with Gasteiger partial charge in [0.2, 0.25) is 0 Å². The van der Waals surface area contributed by atoms with Gasteiger partial charge in [-0.1, -0.05) is 18.2 Å². The fraction of sp³-hybridized carbons (Fsp3) is 0.194. The molecule has 0 saturated carbocycles. The van der Waals surface area contributed by atoms with E-state index in [1.165, 1.54) is 59.6 Å². The number of carbonyl (C=O) groups is 2. The Kier molecular flexibility index (Phi) is 8.46. The number of carboxylic acids is 1. The van der Waals surface area contributed by atoms with Crippen LogP contribution in [0, 0.1) is 5.82 Å². The van der Waals surface area contributed by atoms with Crippen molar-refractivity contribution in [2.75, 3.05) is 19.8 Å². The second kappa shape index (κ2) is 12.4. The highest BCUT2D eigenvalue weighted by molar-refractivity contribution is 6.02. The zero-order valence-corrected chi connectivity index (χ0v) is 22.4. The van der Waals surface area contributed by atoms with Crippen LogP contribution in [0.4, 0.5) is 17.6 Å². The summed E-state index contributed by atoms with van der Waals surface area (Å²) in [5.41, 5.74) is 0.226. The minimum absolute atomic E-state index is 0.0551. The van der Waals surface area contributed by atoms with E-state index in [4.69, 9.17) is 19.3 Å². The number of carbonyl (C=O) groups excluding carboxylic acids is 1. The van der Waals surface area contributed by atoms with Gasteiger partial charge in [-0.15, -0.1) is 0 Å². The minimum atomic E-state index is -4.56. The summed E-state index contributed by atoms with van der Waals surface area (Å²) in [6, 6.07) is 18.0. The first kappa shape index (κ1) is 29.4. The maximum Gasteiger partial charge on any atom is 0.416 e. The van der Waals surface area contributed by atoms with Crippen molar-refractivity contribution in [1.82, 2.24) is 9.88 Å². The first-order chi connectivity index (χ1) is 20.6. The number of ether oxygens (including phenoxy) is 3. The van der Waals surface area contributed by atoms with Crippen LogP contribution in [-0.4, -0.2) is 52.7 Å². The number of hydrogen-bond donors (Lipinski definition) is 1. The number of aliphatic carboxylic acids is 1. The predicted octanol–water partition coefficient (Wildman–Crippen LogP) is 5.85. The van der Waals surface area contributed by atoms with Crippen LogP contribution in [0.1, 0.15) is 21.5 Å². The van der Waals surface area contributed by atoms with Crippen molar-refractivity contribution >= 4 is 11.9 Å². The standard InChI is InChI=1S/C31H24F4N2O6/c32-22-5-2-6-24(14-22)41-17-25-16-37(15-19-3-1-4-21(13-19)31(33,34)35)30(40)28-26(43-25)11-12-36-29(28)20-7-9-23(10-8-20)42-18-27(38)39/h1-14,25H,15-18H2,(H,38,39). The van der Waals surface area contributed by atoms with E-state index in [2.05, 4.69) is 4.98 Å². The number of carboxylic acid groups (broad SMARTS) is 1. The van der Waals surface area contributed by atoms with Crippen molar-refractivity contribution < 1.29 is 46.5 Å². The molecule has 222 valence electrons. The topological polar surface area (TPSA) is 98.2 Å². The number of fused-ring (bicyclic) bond motifs is 1. The molecule has 8 nitrogen and oxygen atoms in total. The smallest absolute Gasteiger partial charge is 0.416 e. The van der Waals surface area contributed by atoms with Crippen molar-refractivity contribution in [3.05, 3.63) is 108 Å². The molecular weight excluding hydrogens is 572 g/mol. The molecule has 0 fully saturated rings. The Hall–Kier alpha value is -5.13. The number of nitrogens with zero attached hydrogens (tertiary/aromatic N) is 2. The SMILES string of the molecule is O=C(O)COc1ccc(-c2nccc3c2C(=O)N(Cc2cccc(C(F)(F)F)c2)CC(COc2cccc(F)c2)O3)cc1. The van der Waals surface area contributed by atoms with Gasteiger partial charge in [0.05, 0.1) is 17.8 Å². The highest BCUT2D eigenvalue weighted by Gasteiger charge is 2.34. The quantitative estimate of drug-likeness (QED) is 0.242. The highest BCUT2D eigenvalue weighted by atomic mass is 19.4. The number of rotatable bonds is 9. The number of pyridine rings is 1. The van der Waals surface area contributed by atoms with Gasteiger partial charge in [0, 0.05) is 24.4 Å². The van der Waals surface area contributed by atoms with Crippen molar-refractivity contribution in [1.29, 1.82) is 0 Å². The molecule has 1 atom stereocenters. The van der Waals surface area contributed by atoms with E-state index < -0.39 is 42.1 Å². The average Bonchev–Trinajstić information content (AvgIpc) is 3.11. The van der Waals surface area contributed by atoms with Gasteiger partial charge in [-0.2, -0.15) is 13.2 Å². The Morgan fingerprint density at radius 1 is 1.00 bits per heavy atom. The summed E-state index contributed by atoms with van der Waals surface area (Å²) < 4.78 is 71.0. The molecule has 0 aliphatic carbocycles. The Morgan fingerprint density at radius 2 is 1.77 bits per heavy atom. The number of hydrogen-bond acceptors (Lipinski definition) is 6. The molecule has 3 aromatic carbocycles. The van der Waals surface area contributed by atoms with E-state index in [1.54, 1.807) is 18.2 Å². The van der Waals surface area contributed by atoms with Gasteiger partial charge in [-0.05, 0) is 60.2 Å². The van der Waals surface area contributed by atoms with E-state index in [1.807, 2.05) is 0 Å². The van der Waals surface area contributed by atoms with Crippen LogP contribution >= 0.6 is 0 Å². The summed E-state index contributed by atoms with van der Waals surface area (Å²) in [6.07, 6.45) is -3.89. The summed E-state index contributed by atoms with van der Waals surface area (Å²) >= 11 is 0. The van der Waals surface area contributed by atoms with Crippen molar-refractivity contribution in [3.63, 3.8) is 0 Å². The normalized spacial score (nSPS) is 14.8. The molecule has 0 radical (unpaired) electrons. The minimum Gasteiger partial charge on any atom is -0.490 e. The summed E-state index contributed by atoms with van der Waals surface area (Å²) in [5, 5.41) is 8.85. The van der Waals surface area contributed by atoms with Crippen molar-refractivity contribution in [2.45, 2.75) is 18.8 Å². The summed E-state index contributed by atoms with van der Waals surface area (Å²) in [7, 11) is 0. The second-order valence-corrected chi connectivity index (χ2v) is 9.63. The zero-order valence-electron chi connectivity index (χ0n) is 22.4. The largest absolute Gasteiger partial charge is 0.490 e. The third-order valence-electron chi connectivity index (χ3n) is 6.48. The molecule has 1 amide bonds. The maximum absolute atomic E-state index is 14.0. The molecule has 0 spiro atoms. The lowest BCUT2D eigenvalue weighted by Crippen LogP contribution is -2.39. The molecule has 1 aliphatic heterocycles. The van der Waals surface area contributed by atoms with E-state index in [0.717, 1.165) is 12.1 Å². The van der Waals surface area contributed by atoms with Crippen molar-refractivity contribution in [3.8, 4) is 28.5 Å². The average molecular weight is 597 g/mol. The van der Waals surface area contributed by atoms with Crippen LogP contribution < -0.4 is 14.2 Å². The molecule has 0 bridgehead atoms. The molecule has 1 unspecified atom stereocenters.